The summed E-state index contributed by atoms with van der Waals surface area (Å²) < 4.78 is 60.0. The number of aliphatic carboxylic acids is 1. The first kappa shape index (κ1) is 27.4. The molecule has 34 heavy (non-hydrogen) atoms. The molecule has 1 aliphatic heterocycles. The first-order valence-electron chi connectivity index (χ1n) is 9.91. The van der Waals surface area contributed by atoms with E-state index in [4.69, 9.17) is 9.90 Å². The molecule has 1 saturated heterocycles. The number of nitrogens with zero attached hydrogens (tertiary/aromatic N) is 1. The fourth-order valence-electron chi connectivity index (χ4n) is 3.12. The lowest BCUT2D eigenvalue weighted by Crippen LogP contribution is -2.33. The molecule has 1 aliphatic rings. The molecule has 186 valence electrons. The third kappa shape index (κ3) is 7.62. The molecule has 1 fully saturated rings. The molecule has 8 nitrogen and oxygen atoms in total. The second-order valence-corrected chi connectivity index (χ2v) is 10.2. The van der Waals surface area contributed by atoms with E-state index in [1.165, 1.54) is 18.2 Å². The van der Waals surface area contributed by atoms with Crippen LogP contribution in [0.25, 0.3) is 0 Å². The minimum atomic E-state index is -5.08. The van der Waals surface area contributed by atoms with E-state index in [2.05, 4.69) is 32.5 Å². The van der Waals surface area contributed by atoms with Gasteiger partial charge in [-0.3, -0.25) is 4.72 Å². The van der Waals surface area contributed by atoms with E-state index < -0.39 is 28.1 Å². The first-order chi connectivity index (χ1) is 15.7. The Morgan fingerprint density at radius 1 is 1.06 bits per heavy atom. The quantitative estimate of drug-likeness (QED) is 0.474. The fourth-order valence-corrected chi connectivity index (χ4v) is 4.44. The van der Waals surface area contributed by atoms with Crippen LogP contribution in [0, 0.1) is 5.92 Å². The van der Waals surface area contributed by atoms with Crippen molar-refractivity contribution >= 4 is 49.3 Å². The number of anilines is 2. The maximum atomic E-state index is 12.5. The summed E-state index contributed by atoms with van der Waals surface area (Å²) in [5.41, 5.74) is 0.950. The Hall–Kier alpha value is -2.80. The van der Waals surface area contributed by atoms with Crippen LogP contribution in [0.15, 0.2) is 51.8 Å². The number of alkyl halides is 3. The van der Waals surface area contributed by atoms with Gasteiger partial charge in [0.05, 0.1) is 16.1 Å². The van der Waals surface area contributed by atoms with Crippen LogP contribution >= 0.6 is 15.9 Å². The van der Waals surface area contributed by atoms with Gasteiger partial charge in [0.2, 0.25) is 0 Å². The topological polar surface area (TPSA) is 124 Å². The van der Waals surface area contributed by atoms with Crippen LogP contribution in [-0.4, -0.2) is 49.8 Å². The second kappa shape index (κ2) is 11.1. The molecule has 0 atom stereocenters. The Morgan fingerprint density at radius 2 is 1.59 bits per heavy atom. The van der Waals surface area contributed by atoms with E-state index in [-0.39, 0.29) is 16.1 Å². The average Bonchev–Trinajstić information content (AvgIpc) is 2.74. The zero-order valence-corrected chi connectivity index (χ0v) is 20.2. The summed E-state index contributed by atoms with van der Waals surface area (Å²) >= 11 is 3.27. The maximum Gasteiger partial charge on any atom is 0.490 e. The van der Waals surface area contributed by atoms with Crippen molar-refractivity contribution in [1.82, 2.24) is 0 Å². The summed E-state index contributed by atoms with van der Waals surface area (Å²) in [6.07, 6.45) is -3.06. The summed E-state index contributed by atoms with van der Waals surface area (Å²) in [5.74, 6) is -3.20. The normalized spacial score (nSPS) is 14.7. The fraction of sp³-hybridized carbons (Fsp3) is 0.333. The van der Waals surface area contributed by atoms with Crippen molar-refractivity contribution in [2.75, 3.05) is 22.7 Å². The van der Waals surface area contributed by atoms with E-state index in [0.29, 0.717) is 11.6 Å². The average molecular weight is 567 g/mol. The Balaban J connectivity index is 0.000000509. The smallest absolute Gasteiger partial charge is 0.478 e. The molecule has 0 spiro atoms. The number of carboxylic acids is 2. The molecule has 13 heteroatoms. The molecular formula is C21H22BrF3N2O6S. The molecule has 1 heterocycles. The number of hydrogen-bond donors (Lipinski definition) is 3. The summed E-state index contributed by atoms with van der Waals surface area (Å²) in [4.78, 5) is 22.8. The SMILES string of the molecule is CC1CCN(c2ccc(NS(=O)(=O)c3ccc(Br)cc3)cc2C(=O)O)CC1.O=C(O)C(F)(F)F. The molecule has 3 rings (SSSR count). The van der Waals surface area contributed by atoms with Gasteiger partial charge < -0.3 is 15.1 Å². The highest BCUT2D eigenvalue weighted by Gasteiger charge is 2.38. The van der Waals surface area contributed by atoms with Crippen LogP contribution in [0.3, 0.4) is 0 Å². The summed E-state index contributed by atoms with van der Waals surface area (Å²) in [6, 6.07) is 10.9. The van der Waals surface area contributed by atoms with Crippen molar-refractivity contribution in [3.05, 3.63) is 52.5 Å². The van der Waals surface area contributed by atoms with Crippen molar-refractivity contribution in [3.8, 4) is 0 Å². The first-order valence-corrected chi connectivity index (χ1v) is 12.2. The summed E-state index contributed by atoms with van der Waals surface area (Å²) in [5, 5.41) is 16.7. The maximum absolute atomic E-state index is 12.5. The third-order valence-electron chi connectivity index (χ3n) is 4.97. The number of hydrogen-bond acceptors (Lipinski definition) is 5. The van der Waals surface area contributed by atoms with Crippen LogP contribution in [0.5, 0.6) is 0 Å². The van der Waals surface area contributed by atoms with Crippen LogP contribution in [-0.2, 0) is 14.8 Å². The molecular weight excluding hydrogens is 545 g/mol. The van der Waals surface area contributed by atoms with Gasteiger partial charge in [-0.1, -0.05) is 22.9 Å². The zero-order chi connectivity index (χ0) is 25.7. The van der Waals surface area contributed by atoms with E-state index in [0.717, 1.165) is 30.4 Å². The summed E-state index contributed by atoms with van der Waals surface area (Å²) in [7, 11) is -3.79. The Labute approximate surface area is 202 Å². The third-order valence-corrected chi connectivity index (χ3v) is 6.90. The molecule has 0 radical (unpaired) electrons. The van der Waals surface area contributed by atoms with Crippen molar-refractivity contribution in [2.24, 2.45) is 5.92 Å². The lowest BCUT2D eigenvalue weighted by molar-refractivity contribution is -0.192. The predicted octanol–water partition coefficient (Wildman–Crippen LogP) is 4.82. The van der Waals surface area contributed by atoms with Crippen molar-refractivity contribution in [1.29, 1.82) is 0 Å². The highest BCUT2D eigenvalue weighted by molar-refractivity contribution is 9.10. The number of sulfonamides is 1. The molecule has 0 aliphatic carbocycles. The van der Waals surface area contributed by atoms with Crippen LogP contribution in [0.4, 0.5) is 24.5 Å². The van der Waals surface area contributed by atoms with Gasteiger partial charge in [-0.2, -0.15) is 13.2 Å². The van der Waals surface area contributed by atoms with Crippen LogP contribution < -0.4 is 9.62 Å². The van der Waals surface area contributed by atoms with E-state index in [1.54, 1.807) is 24.3 Å². The number of halogens is 4. The van der Waals surface area contributed by atoms with Crippen LogP contribution in [0.1, 0.15) is 30.1 Å². The molecule has 0 amide bonds. The van der Waals surface area contributed by atoms with E-state index in [9.17, 15) is 31.5 Å². The monoisotopic (exact) mass is 566 g/mol. The van der Waals surface area contributed by atoms with Gasteiger partial charge in [0, 0.05) is 23.2 Å². The number of piperidine rings is 1. The lowest BCUT2D eigenvalue weighted by Gasteiger charge is -2.33. The van der Waals surface area contributed by atoms with Gasteiger partial charge in [0.15, 0.2) is 0 Å². The largest absolute Gasteiger partial charge is 0.490 e. The number of benzene rings is 2. The highest BCUT2D eigenvalue weighted by atomic mass is 79.9. The standard InChI is InChI=1S/C19H21BrN2O4S.C2HF3O2/c1-13-8-10-22(11-9-13)18-7-4-15(12-17(18)19(23)24)21-27(25,26)16-5-2-14(20)3-6-16;3-2(4,5)1(6)7/h2-7,12-13,21H,8-11H2,1H3,(H,23,24);(H,6,7). The number of carbonyl (C=O) groups is 2. The molecule has 0 unspecified atom stereocenters. The molecule has 0 aromatic heterocycles. The molecule has 0 bridgehead atoms. The summed E-state index contributed by atoms with van der Waals surface area (Å²) in [6.45, 7) is 3.78. The number of carboxylic acid groups (broad SMARTS) is 2. The number of rotatable bonds is 5. The molecule has 2 aromatic rings. The second-order valence-electron chi connectivity index (χ2n) is 7.57. The van der Waals surface area contributed by atoms with Gasteiger partial charge in [-0.25, -0.2) is 18.0 Å². The zero-order valence-electron chi connectivity index (χ0n) is 17.8. The Kier molecular flexibility index (Phi) is 8.95. The van der Waals surface area contributed by atoms with Crippen LogP contribution in [0.2, 0.25) is 0 Å². The van der Waals surface area contributed by atoms with Crippen molar-refractivity contribution < 1.29 is 41.4 Å². The van der Waals surface area contributed by atoms with Gasteiger partial charge >= 0.3 is 18.1 Å². The minimum Gasteiger partial charge on any atom is -0.478 e. The Morgan fingerprint density at radius 3 is 2.06 bits per heavy atom. The lowest BCUT2D eigenvalue weighted by atomic mass is 9.98. The van der Waals surface area contributed by atoms with Crippen molar-refractivity contribution in [3.63, 3.8) is 0 Å². The number of aromatic carboxylic acids is 1. The van der Waals surface area contributed by atoms with Gasteiger partial charge in [-0.05, 0) is 61.2 Å². The molecule has 2 aromatic carbocycles. The number of nitrogens with one attached hydrogen (secondary N) is 1. The van der Waals surface area contributed by atoms with Gasteiger partial charge in [-0.15, -0.1) is 0 Å². The van der Waals surface area contributed by atoms with Crippen molar-refractivity contribution in [2.45, 2.75) is 30.8 Å². The van der Waals surface area contributed by atoms with E-state index >= 15 is 0 Å². The van der Waals surface area contributed by atoms with Gasteiger partial charge in [0.25, 0.3) is 10.0 Å². The highest BCUT2D eigenvalue weighted by Crippen LogP contribution is 2.29. The molecule has 0 saturated carbocycles. The van der Waals surface area contributed by atoms with Gasteiger partial charge in [0.1, 0.15) is 0 Å². The predicted molar refractivity (Wildman–Crippen MR) is 123 cm³/mol. The molecule has 3 N–H and O–H groups in total. The minimum absolute atomic E-state index is 0.0977. The van der Waals surface area contributed by atoms with E-state index in [1.807, 2.05) is 0 Å². The Bertz CT molecular complexity index is 1130.